The van der Waals surface area contributed by atoms with Crippen LogP contribution in [0.25, 0.3) is 11.2 Å². The van der Waals surface area contributed by atoms with Crippen LogP contribution in [-0.2, 0) is 16.6 Å². The van der Waals surface area contributed by atoms with Crippen molar-refractivity contribution in [3.8, 4) is 0 Å². The van der Waals surface area contributed by atoms with E-state index < -0.39 is 10.0 Å². The average Bonchev–Trinajstić information content (AvgIpc) is 3.32. The topological polar surface area (TPSA) is 68.1 Å². The van der Waals surface area contributed by atoms with Crippen LogP contribution < -0.4 is 0 Å². The Morgan fingerprint density at radius 3 is 2.61 bits per heavy atom. The Hall–Kier alpha value is -2.25. The quantitative estimate of drug-likeness (QED) is 0.656. The first-order valence-corrected chi connectivity index (χ1v) is 11.3. The van der Waals surface area contributed by atoms with Gasteiger partial charge in [-0.1, -0.05) is 26.0 Å². The monoisotopic (exact) mass is 398 g/mol. The first-order chi connectivity index (χ1) is 13.4. The number of benzene rings is 1. The van der Waals surface area contributed by atoms with Crippen molar-refractivity contribution in [2.75, 3.05) is 13.1 Å². The number of pyridine rings is 1. The summed E-state index contributed by atoms with van der Waals surface area (Å²) in [5.41, 5.74) is 2.87. The molecule has 1 unspecified atom stereocenters. The molecule has 0 N–H and O–H groups in total. The number of hydrogen-bond acceptors (Lipinski definition) is 4. The summed E-state index contributed by atoms with van der Waals surface area (Å²) in [4.78, 5) is 9.58. The van der Waals surface area contributed by atoms with Gasteiger partial charge in [0.25, 0.3) is 0 Å². The normalized spacial score (nSPS) is 18.4. The fourth-order valence-corrected chi connectivity index (χ4v) is 5.43. The molecule has 0 aliphatic carbocycles. The Morgan fingerprint density at radius 2 is 1.93 bits per heavy atom. The lowest BCUT2D eigenvalue weighted by molar-refractivity contribution is 0.469. The summed E-state index contributed by atoms with van der Waals surface area (Å²) >= 11 is 0. The summed E-state index contributed by atoms with van der Waals surface area (Å²) in [6.45, 7) is 8.01. The first kappa shape index (κ1) is 19.1. The van der Waals surface area contributed by atoms with Crippen molar-refractivity contribution in [3.63, 3.8) is 0 Å². The molecule has 2 aromatic heterocycles. The lowest BCUT2D eigenvalue weighted by Crippen LogP contribution is -2.29. The number of rotatable bonds is 5. The molecule has 3 aromatic rings. The van der Waals surface area contributed by atoms with Gasteiger partial charge in [-0.05, 0) is 49.1 Å². The molecule has 148 valence electrons. The molecule has 0 saturated carbocycles. The van der Waals surface area contributed by atoms with Gasteiger partial charge >= 0.3 is 0 Å². The predicted octanol–water partition coefficient (Wildman–Crippen LogP) is 3.75. The maximum atomic E-state index is 13.1. The molecule has 1 aromatic carbocycles. The van der Waals surface area contributed by atoms with Crippen molar-refractivity contribution in [1.29, 1.82) is 0 Å². The van der Waals surface area contributed by atoms with Gasteiger partial charge in [-0.3, -0.25) is 0 Å². The highest BCUT2D eigenvalue weighted by Gasteiger charge is 2.35. The van der Waals surface area contributed by atoms with Crippen LogP contribution in [0.4, 0.5) is 0 Å². The van der Waals surface area contributed by atoms with E-state index in [2.05, 4.69) is 30.3 Å². The lowest BCUT2D eigenvalue weighted by Gasteiger charge is -2.17. The third kappa shape index (κ3) is 3.22. The minimum atomic E-state index is -3.49. The van der Waals surface area contributed by atoms with Gasteiger partial charge in [0.1, 0.15) is 11.3 Å². The maximum absolute atomic E-state index is 13.1. The van der Waals surface area contributed by atoms with E-state index in [0.29, 0.717) is 23.9 Å². The van der Waals surface area contributed by atoms with Crippen LogP contribution in [0.1, 0.15) is 50.4 Å². The van der Waals surface area contributed by atoms with Gasteiger partial charge in [0.05, 0.1) is 4.90 Å². The number of fused-ring (bicyclic) bond motifs is 1. The number of hydrogen-bond donors (Lipinski definition) is 0. The molecule has 7 heteroatoms. The van der Waals surface area contributed by atoms with E-state index in [0.717, 1.165) is 35.5 Å². The van der Waals surface area contributed by atoms with Crippen molar-refractivity contribution in [3.05, 3.63) is 54.0 Å². The number of aromatic nitrogens is 3. The Balaban J connectivity index is 1.60. The second-order valence-corrected chi connectivity index (χ2v) is 9.57. The van der Waals surface area contributed by atoms with Crippen molar-refractivity contribution in [2.24, 2.45) is 0 Å². The fourth-order valence-electron chi connectivity index (χ4n) is 3.93. The van der Waals surface area contributed by atoms with Crippen LogP contribution >= 0.6 is 0 Å². The fraction of sp³-hybridized carbons (Fsp3) is 0.429. The van der Waals surface area contributed by atoms with Gasteiger partial charge in [0, 0.05) is 31.7 Å². The highest BCUT2D eigenvalue weighted by atomic mass is 32.2. The SMILES string of the molecule is CCn1c(C2CCN(S(=O)(=O)c3ccc(C(C)C)cc3)C2)nc2cccnc21. The molecule has 0 bridgehead atoms. The summed E-state index contributed by atoms with van der Waals surface area (Å²) in [6.07, 6.45) is 2.54. The second-order valence-electron chi connectivity index (χ2n) is 7.63. The van der Waals surface area contributed by atoms with Crippen LogP contribution in [0.15, 0.2) is 47.5 Å². The van der Waals surface area contributed by atoms with Crippen LogP contribution in [-0.4, -0.2) is 40.3 Å². The van der Waals surface area contributed by atoms with Crippen molar-refractivity contribution in [2.45, 2.75) is 50.5 Å². The number of imidazole rings is 1. The van der Waals surface area contributed by atoms with Crippen molar-refractivity contribution < 1.29 is 8.42 Å². The molecular weight excluding hydrogens is 372 g/mol. The van der Waals surface area contributed by atoms with Gasteiger partial charge in [-0.2, -0.15) is 4.31 Å². The lowest BCUT2D eigenvalue weighted by atomic mass is 10.0. The zero-order chi connectivity index (χ0) is 19.9. The van der Waals surface area contributed by atoms with E-state index in [1.807, 2.05) is 24.3 Å². The van der Waals surface area contributed by atoms with E-state index in [1.165, 1.54) is 0 Å². The predicted molar refractivity (Wildman–Crippen MR) is 110 cm³/mol. The highest BCUT2D eigenvalue weighted by molar-refractivity contribution is 7.89. The Morgan fingerprint density at radius 1 is 1.18 bits per heavy atom. The molecule has 0 spiro atoms. The van der Waals surface area contributed by atoms with Crippen LogP contribution in [0.2, 0.25) is 0 Å². The first-order valence-electron chi connectivity index (χ1n) is 9.83. The summed E-state index contributed by atoms with van der Waals surface area (Å²) in [7, 11) is -3.49. The summed E-state index contributed by atoms with van der Waals surface area (Å²) in [5, 5.41) is 0. The molecule has 3 heterocycles. The van der Waals surface area contributed by atoms with E-state index in [-0.39, 0.29) is 5.92 Å². The average molecular weight is 399 g/mol. The molecule has 0 radical (unpaired) electrons. The van der Waals surface area contributed by atoms with Gasteiger partial charge in [-0.15, -0.1) is 0 Å². The largest absolute Gasteiger partial charge is 0.313 e. The summed E-state index contributed by atoms with van der Waals surface area (Å²) in [5.74, 6) is 1.39. The zero-order valence-electron chi connectivity index (χ0n) is 16.5. The zero-order valence-corrected chi connectivity index (χ0v) is 17.4. The van der Waals surface area contributed by atoms with E-state index in [4.69, 9.17) is 4.98 Å². The Kier molecular flexibility index (Phi) is 4.97. The third-order valence-corrected chi connectivity index (χ3v) is 7.43. The molecule has 1 aliphatic heterocycles. The van der Waals surface area contributed by atoms with Crippen molar-refractivity contribution >= 4 is 21.2 Å². The molecule has 1 saturated heterocycles. The summed E-state index contributed by atoms with van der Waals surface area (Å²) in [6, 6.07) is 11.1. The number of nitrogens with zero attached hydrogens (tertiary/aromatic N) is 4. The van der Waals surface area contributed by atoms with Crippen LogP contribution in [0.5, 0.6) is 0 Å². The molecule has 1 aliphatic rings. The molecule has 0 amide bonds. The van der Waals surface area contributed by atoms with Gasteiger partial charge in [-0.25, -0.2) is 18.4 Å². The Labute approximate surface area is 166 Å². The standard InChI is InChI=1S/C21H26N4O2S/c1-4-25-20(23-19-6-5-12-22-21(19)25)17-11-13-24(14-17)28(26,27)18-9-7-16(8-10-18)15(2)3/h5-10,12,15,17H,4,11,13-14H2,1-3H3. The smallest absolute Gasteiger partial charge is 0.243 e. The molecular formula is C21H26N4O2S. The van der Waals surface area contributed by atoms with E-state index >= 15 is 0 Å². The van der Waals surface area contributed by atoms with Gasteiger partial charge in [0.2, 0.25) is 10.0 Å². The molecule has 6 nitrogen and oxygen atoms in total. The molecule has 1 atom stereocenters. The highest BCUT2D eigenvalue weighted by Crippen LogP contribution is 2.32. The number of aryl methyl sites for hydroxylation is 1. The van der Waals surface area contributed by atoms with E-state index in [1.54, 1.807) is 22.6 Å². The second kappa shape index (κ2) is 7.29. The number of sulfonamides is 1. The van der Waals surface area contributed by atoms with E-state index in [9.17, 15) is 8.42 Å². The molecule has 1 fully saturated rings. The molecule has 4 rings (SSSR count). The minimum absolute atomic E-state index is 0.0823. The van der Waals surface area contributed by atoms with Crippen LogP contribution in [0.3, 0.4) is 0 Å². The van der Waals surface area contributed by atoms with Gasteiger partial charge in [0.15, 0.2) is 5.65 Å². The third-order valence-electron chi connectivity index (χ3n) is 5.55. The molecule has 28 heavy (non-hydrogen) atoms. The van der Waals surface area contributed by atoms with Gasteiger partial charge < -0.3 is 4.57 Å². The van der Waals surface area contributed by atoms with Crippen LogP contribution in [0, 0.1) is 0 Å². The maximum Gasteiger partial charge on any atom is 0.243 e. The van der Waals surface area contributed by atoms with Crippen molar-refractivity contribution in [1.82, 2.24) is 18.8 Å². The Bertz CT molecular complexity index is 1090. The minimum Gasteiger partial charge on any atom is -0.313 e. The summed E-state index contributed by atoms with van der Waals surface area (Å²) < 4.78 is 29.9.